The molecular weight excluding hydrogens is 278 g/mol. The Balaban J connectivity index is 2.36. The number of phenolic OH excluding ortho intramolecular Hbond substituents is 1. The number of benzene rings is 2. The third-order valence-corrected chi connectivity index (χ3v) is 3.53. The van der Waals surface area contributed by atoms with E-state index in [4.69, 9.17) is 4.74 Å². The van der Waals surface area contributed by atoms with Crippen molar-refractivity contribution < 1.29 is 14.6 Å². The summed E-state index contributed by atoms with van der Waals surface area (Å²) in [7, 11) is 0. The van der Waals surface area contributed by atoms with Crippen molar-refractivity contribution in [3.8, 4) is 22.6 Å². The van der Waals surface area contributed by atoms with Crippen LogP contribution in [0.5, 0.6) is 11.5 Å². The number of carbonyl (C=O) groups is 1. The number of rotatable bonds is 4. The van der Waals surface area contributed by atoms with E-state index in [1.807, 2.05) is 39.0 Å². The standard InChI is InChI=1S/C18H21NO3/c1-4-19(5-2)18(21)22-17-12-13(3)6-11-16(17)14-7-9-15(20)10-8-14/h6-12,20H,4-5H2,1-3H3. The van der Waals surface area contributed by atoms with Crippen LogP contribution in [0, 0.1) is 6.92 Å². The van der Waals surface area contributed by atoms with Crippen molar-refractivity contribution in [3.63, 3.8) is 0 Å². The fourth-order valence-electron chi connectivity index (χ4n) is 2.23. The summed E-state index contributed by atoms with van der Waals surface area (Å²) in [6.45, 7) is 7.00. The molecule has 0 aromatic heterocycles. The number of ether oxygens (including phenoxy) is 1. The topological polar surface area (TPSA) is 49.8 Å². The van der Waals surface area contributed by atoms with E-state index < -0.39 is 0 Å². The Labute approximate surface area is 131 Å². The lowest BCUT2D eigenvalue weighted by Crippen LogP contribution is -2.33. The van der Waals surface area contributed by atoms with Crippen LogP contribution < -0.4 is 4.74 Å². The number of amides is 1. The highest BCUT2D eigenvalue weighted by Crippen LogP contribution is 2.32. The van der Waals surface area contributed by atoms with Gasteiger partial charge >= 0.3 is 6.09 Å². The normalized spacial score (nSPS) is 10.3. The van der Waals surface area contributed by atoms with E-state index in [2.05, 4.69) is 0 Å². The van der Waals surface area contributed by atoms with Crippen molar-refractivity contribution in [3.05, 3.63) is 48.0 Å². The summed E-state index contributed by atoms with van der Waals surface area (Å²) in [6, 6.07) is 12.6. The van der Waals surface area contributed by atoms with Crippen LogP contribution in [0.4, 0.5) is 4.79 Å². The number of nitrogens with zero attached hydrogens (tertiary/aromatic N) is 1. The van der Waals surface area contributed by atoms with Gasteiger partial charge in [-0.3, -0.25) is 0 Å². The fraction of sp³-hybridized carbons (Fsp3) is 0.278. The average Bonchev–Trinajstić information content (AvgIpc) is 2.50. The van der Waals surface area contributed by atoms with Gasteiger partial charge in [0.05, 0.1) is 0 Å². The third-order valence-electron chi connectivity index (χ3n) is 3.53. The number of aryl methyl sites for hydroxylation is 1. The van der Waals surface area contributed by atoms with Gasteiger partial charge in [-0.2, -0.15) is 0 Å². The minimum atomic E-state index is -0.351. The second kappa shape index (κ2) is 6.98. The van der Waals surface area contributed by atoms with Gasteiger partial charge in [0.15, 0.2) is 0 Å². The molecule has 2 aromatic carbocycles. The molecule has 116 valence electrons. The quantitative estimate of drug-likeness (QED) is 0.920. The molecular formula is C18H21NO3. The van der Waals surface area contributed by atoms with Crippen LogP contribution in [0.25, 0.3) is 11.1 Å². The molecule has 0 saturated heterocycles. The van der Waals surface area contributed by atoms with E-state index in [0.29, 0.717) is 18.8 Å². The molecule has 0 bridgehead atoms. The lowest BCUT2D eigenvalue weighted by molar-refractivity contribution is 0.157. The van der Waals surface area contributed by atoms with Gasteiger partial charge in [0.1, 0.15) is 11.5 Å². The van der Waals surface area contributed by atoms with E-state index >= 15 is 0 Å². The zero-order valence-electron chi connectivity index (χ0n) is 13.2. The van der Waals surface area contributed by atoms with E-state index in [0.717, 1.165) is 16.7 Å². The molecule has 0 aliphatic heterocycles. The first-order valence-corrected chi connectivity index (χ1v) is 7.42. The van der Waals surface area contributed by atoms with Gasteiger partial charge in [0.2, 0.25) is 0 Å². The number of hydrogen-bond acceptors (Lipinski definition) is 3. The first kappa shape index (κ1) is 15.9. The summed E-state index contributed by atoms with van der Waals surface area (Å²) >= 11 is 0. The summed E-state index contributed by atoms with van der Waals surface area (Å²) < 4.78 is 5.58. The minimum Gasteiger partial charge on any atom is -0.508 e. The van der Waals surface area contributed by atoms with Crippen LogP contribution in [0.15, 0.2) is 42.5 Å². The molecule has 1 amide bonds. The SMILES string of the molecule is CCN(CC)C(=O)Oc1cc(C)ccc1-c1ccc(O)cc1. The lowest BCUT2D eigenvalue weighted by Gasteiger charge is -2.19. The Morgan fingerprint density at radius 3 is 2.32 bits per heavy atom. The second-order valence-corrected chi connectivity index (χ2v) is 5.09. The van der Waals surface area contributed by atoms with E-state index in [-0.39, 0.29) is 11.8 Å². The van der Waals surface area contributed by atoms with Crippen molar-refractivity contribution in [2.24, 2.45) is 0 Å². The number of hydrogen-bond donors (Lipinski definition) is 1. The zero-order chi connectivity index (χ0) is 16.1. The van der Waals surface area contributed by atoms with Crippen LogP contribution in [0.1, 0.15) is 19.4 Å². The molecule has 22 heavy (non-hydrogen) atoms. The maximum absolute atomic E-state index is 12.2. The van der Waals surface area contributed by atoms with Crippen molar-refractivity contribution in [2.45, 2.75) is 20.8 Å². The summed E-state index contributed by atoms with van der Waals surface area (Å²) in [4.78, 5) is 13.8. The van der Waals surface area contributed by atoms with Crippen molar-refractivity contribution in [2.75, 3.05) is 13.1 Å². The van der Waals surface area contributed by atoms with Crippen molar-refractivity contribution in [1.29, 1.82) is 0 Å². The Kier molecular flexibility index (Phi) is 5.04. The summed E-state index contributed by atoms with van der Waals surface area (Å²) in [5.74, 6) is 0.736. The van der Waals surface area contributed by atoms with Crippen molar-refractivity contribution in [1.82, 2.24) is 4.90 Å². The van der Waals surface area contributed by atoms with Gasteiger partial charge in [0, 0.05) is 18.7 Å². The fourth-order valence-corrected chi connectivity index (χ4v) is 2.23. The van der Waals surface area contributed by atoms with Crippen LogP contribution >= 0.6 is 0 Å². The molecule has 2 rings (SSSR count). The summed E-state index contributed by atoms with van der Waals surface area (Å²) in [6.07, 6.45) is -0.351. The van der Waals surface area contributed by atoms with Gasteiger partial charge < -0.3 is 14.7 Å². The first-order valence-electron chi connectivity index (χ1n) is 7.42. The molecule has 0 saturated carbocycles. The van der Waals surface area contributed by atoms with Gasteiger partial charge in [-0.1, -0.05) is 24.3 Å². The molecule has 0 heterocycles. The second-order valence-electron chi connectivity index (χ2n) is 5.09. The summed E-state index contributed by atoms with van der Waals surface area (Å²) in [5, 5.41) is 9.41. The average molecular weight is 299 g/mol. The molecule has 0 atom stereocenters. The molecule has 0 aliphatic rings. The first-order chi connectivity index (χ1) is 10.5. The highest BCUT2D eigenvalue weighted by Gasteiger charge is 2.15. The minimum absolute atomic E-state index is 0.206. The maximum Gasteiger partial charge on any atom is 0.415 e. The molecule has 1 N–H and O–H groups in total. The monoisotopic (exact) mass is 299 g/mol. The summed E-state index contributed by atoms with van der Waals surface area (Å²) in [5.41, 5.74) is 2.73. The van der Waals surface area contributed by atoms with Gasteiger partial charge in [0.25, 0.3) is 0 Å². The van der Waals surface area contributed by atoms with E-state index in [1.165, 1.54) is 0 Å². The Hall–Kier alpha value is -2.49. The Morgan fingerprint density at radius 2 is 1.73 bits per heavy atom. The van der Waals surface area contributed by atoms with Crippen molar-refractivity contribution >= 4 is 6.09 Å². The predicted molar refractivity (Wildman–Crippen MR) is 87.2 cm³/mol. The van der Waals surface area contributed by atoms with E-state index in [9.17, 15) is 9.90 Å². The molecule has 0 fully saturated rings. The van der Waals surface area contributed by atoms with Crippen LogP contribution in [0.2, 0.25) is 0 Å². The molecule has 4 heteroatoms. The maximum atomic E-state index is 12.2. The molecule has 0 unspecified atom stereocenters. The van der Waals surface area contributed by atoms with Crippen LogP contribution in [0.3, 0.4) is 0 Å². The predicted octanol–water partition coefficient (Wildman–Crippen LogP) is 4.21. The number of aromatic hydroxyl groups is 1. The Morgan fingerprint density at radius 1 is 1.09 bits per heavy atom. The molecule has 0 radical (unpaired) electrons. The number of phenols is 1. The molecule has 4 nitrogen and oxygen atoms in total. The third kappa shape index (κ3) is 3.58. The molecule has 0 spiro atoms. The number of carbonyl (C=O) groups excluding carboxylic acids is 1. The Bertz CT molecular complexity index is 646. The molecule has 0 aliphatic carbocycles. The highest BCUT2D eigenvalue weighted by molar-refractivity contribution is 5.77. The van der Waals surface area contributed by atoms with Crippen LogP contribution in [-0.2, 0) is 0 Å². The van der Waals surface area contributed by atoms with Gasteiger partial charge in [-0.05, 0) is 50.1 Å². The zero-order valence-corrected chi connectivity index (χ0v) is 13.2. The largest absolute Gasteiger partial charge is 0.508 e. The van der Waals surface area contributed by atoms with Crippen LogP contribution in [-0.4, -0.2) is 29.2 Å². The highest BCUT2D eigenvalue weighted by atomic mass is 16.6. The lowest BCUT2D eigenvalue weighted by atomic mass is 10.0. The van der Waals surface area contributed by atoms with Gasteiger partial charge in [-0.15, -0.1) is 0 Å². The smallest absolute Gasteiger partial charge is 0.415 e. The molecule has 2 aromatic rings. The van der Waals surface area contributed by atoms with E-state index in [1.54, 1.807) is 29.2 Å². The van der Waals surface area contributed by atoms with Gasteiger partial charge in [-0.25, -0.2) is 4.79 Å².